The summed E-state index contributed by atoms with van der Waals surface area (Å²) in [5.41, 5.74) is 3.50. The van der Waals surface area contributed by atoms with Crippen LogP contribution in [-0.2, 0) is 9.84 Å². The van der Waals surface area contributed by atoms with Gasteiger partial charge in [0.05, 0.1) is 23.7 Å². The molecule has 0 N–H and O–H groups in total. The van der Waals surface area contributed by atoms with Crippen LogP contribution in [0.1, 0.15) is 17.5 Å². The van der Waals surface area contributed by atoms with Crippen LogP contribution in [0.15, 0.2) is 12.1 Å². The summed E-state index contributed by atoms with van der Waals surface area (Å²) in [5.74, 6) is 1.90. The Labute approximate surface area is 120 Å². The molecule has 110 valence electrons. The summed E-state index contributed by atoms with van der Waals surface area (Å²) in [6, 6.07) is 4.27. The fourth-order valence-electron chi connectivity index (χ4n) is 3.25. The molecule has 1 atom stereocenters. The third kappa shape index (κ3) is 2.64. The second kappa shape index (κ2) is 4.95. The molecule has 20 heavy (non-hydrogen) atoms. The highest BCUT2D eigenvalue weighted by molar-refractivity contribution is 7.91. The van der Waals surface area contributed by atoms with Gasteiger partial charge in [0.25, 0.3) is 0 Å². The minimum Gasteiger partial charge on any atom is -0.489 e. The predicted molar refractivity (Wildman–Crippen MR) is 80.4 cm³/mol. The molecule has 1 saturated heterocycles. The van der Waals surface area contributed by atoms with Gasteiger partial charge in [0.15, 0.2) is 9.84 Å². The van der Waals surface area contributed by atoms with Gasteiger partial charge in [-0.2, -0.15) is 0 Å². The molecule has 0 aliphatic carbocycles. The van der Waals surface area contributed by atoms with Crippen molar-refractivity contribution >= 4 is 15.5 Å². The van der Waals surface area contributed by atoms with E-state index in [1.807, 2.05) is 0 Å². The first-order valence-electron chi connectivity index (χ1n) is 7.14. The Morgan fingerprint density at radius 2 is 2.15 bits per heavy atom. The Hall–Kier alpha value is -1.23. The fraction of sp³-hybridized carbons (Fsp3) is 0.600. The maximum absolute atomic E-state index is 11.6. The minimum atomic E-state index is -2.80. The van der Waals surface area contributed by atoms with Crippen LogP contribution in [0, 0.1) is 19.8 Å². The number of nitrogens with zero attached hydrogens (tertiary/aromatic N) is 1. The molecule has 1 unspecified atom stereocenters. The van der Waals surface area contributed by atoms with Gasteiger partial charge >= 0.3 is 0 Å². The molecule has 1 aromatic rings. The lowest BCUT2D eigenvalue weighted by atomic mass is 10.0. The maximum atomic E-state index is 11.6. The summed E-state index contributed by atoms with van der Waals surface area (Å²) in [4.78, 5) is 2.30. The quantitative estimate of drug-likeness (QED) is 0.836. The van der Waals surface area contributed by atoms with E-state index in [1.54, 1.807) is 0 Å². The summed E-state index contributed by atoms with van der Waals surface area (Å²) in [6.45, 7) is 6.48. The Morgan fingerprint density at radius 1 is 1.35 bits per heavy atom. The van der Waals surface area contributed by atoms with E-state index in [0.29, 0.717) is 18.1 Å². The Bertz CT molecular complexity index is 624. The fourth-order valence-corrected chi connectivity index (χ4v) is 5.10. The molecule has 0 spiro atoms. The molecule has 2 aliphatic rings. The van der Waals surface area contributed by atoms with Gasteiger partial charge in [0, 0.05) is 6.54 Å². The van der Waals surface area contributed by atoms with Crippen molar-refractivity contribution in [1.82, 2.24) is 0 Å². The third-order valence-corrected chi connectivity index (χ3v) is 5.99. The zero-order valence-electron chi connectivity index (χ0n) is 12.1. The van der Waals surface area contributed by atoms with E-state index in [0.717, 1.165) is 36.5 Å². The number of ether oxygens (including phenoxy) is 1. The van der Waals surface area contributed by atoms with E-state index < -0.39 is 9.84 Å². The van der Waals surface area contributed by atoms with Gasteiger partial charge in [-0.15, -0.1) is 0 Å². The van der Waals surface area contributed by atoms with Gasteiger partial charge in [-0.25, -0.2) is 8.42 Å². The van der Waals surface area contributed by atoms with Crippen LogP contribution in [0.4, 0.5) is 5.69 Å². The van der Waals surface area contributed by atoms with Gasteiger partial charge in [0.2, 0.25) is 0 Å². The SMILES string of the molecule is Cc1cc(C)c2c(c1)N(CC1CCS(=O)(=O)C1)CCO2. The third-order valence-electron chi connectivity index (χ3n) is 4.15. The van der Waals surface area contributed by atoms with E-state index in [-0.39, 0.29) is 5.92 Å². The molecule has 2 aliphatic heterocycles. The van der Waals surface area contributed by atoms with E-state index in [2.05, 4.69) is 30.9 Å². The molecular formula is C15H21NO3S. The highest BCUT2D eigenvalue weighted by Crippen LogP contribution is 2.36. The molecule has 0 saturated carbocycles. The van der Waals surface area contributed by atoms with Crippen LogP contribution in [0.3, 0.4) is 0 Å². The summed E-state index contributed by atoms with van der Waals surface area (Å²) in [6.07, 6.45) is 0.791. The van der Waals surface area contributed by atoms with Gasteiger partial charge in [-0.3, -0.25) is 0 Å². The van der Waals surface area contributed by atoms with E-state index in [9.17, 15) is 8.42 Å². The molecule has 5 heteroatoms. The van der Waals surface area contributed by atoms with Crippen molar-refractivity contribution in [3.8, 4) is 5.75 Å². The van der Waals surface area contributed by atoms with Crippen molar-refractivity contribution in [2.45, 2.75) is 20.3 Å². The normalized spacial score (nSPS) is 24.3. The first-order valence-corrected chi connectivity index (χ1v) is 8.96. The molecule has 0 aromatic heterocycles. The van der Waals surface area contributed by atoms with Gasteiger partial charge in [-0.1, -0.05) is 6.07 Å². The van der Waals surface area contributed by atoms with Crippen molar-refractivity contribution in [3.63, 3.8) is 0 Å². The number of benzene rings is 1. The lowest BCUT2D eigenvalue weighted by Gasteiger charge is -2.34. The topological polar surface area (TPSA) is 46.6 Å². The first kappa shape index (κ1) is 13.7. The van der Waals surface area contributed by atoms with Gasteiger partial charge in [0.1, 0.15) is 12.4 Å². The average molecular weight is 295 g/mol. The zero-order valence-corrected chi connectivity index (χ0v) is 12.9. The number of hydrogen-bond acceptors (Lipinski definition) is 4. The summed E-state index contributed by atoms with van der Waals surface area (Å²) >= 11 is 0. The second-order valence-electron chi connectivity index (χ2n) is 5.99. The minimum absolute atomic E-state index is 0.256. The van der Waals surface area contributed by atoms with Crippen LogP contribution in [-0.4, -0.2) is 39.6 Å². The molecule has 0 amide bonds. The average Bonchev–Trinajstić information content (AvgIpc) is 2.70. The number of sulfone groups is 1. The summed E-state index contributed by atoms with van der Waals surface area (Å²) in [7, 11) is -2.80. The van der Waals surface area contributed by atoms with E-state index >= 15 is 0 Å². The molecule has 3 rings (SSSR count). The van der Waals surface area contributed by atoms with Gasteiger partial charge < -0.3 is 9.64 Å². The molecule has 1 fully saturated rings. The van der Waals surface area contributed by atoms with Crippen LogP contribution >= 0.6 is 0 Å². The Morgan fingerprint density at radius 3 is 2.85 bits per heavy atom. The van der Waals surface area contributed by atoms with Crippen LogP contribution in [0.5, 0.6) is 5.75 Å². The predicted octanol–water partition coefficient (Wildman–Crippen LogP) is 1.94. The second-order valence-corrected chi connectivity index (χ2v) is 8.22. The standard InChI is InChI=1S/C15H21NO3S/c1-11-7-12(2)15-14(8-11)16(4-5-19-15)9-13-3-6-20(17,18)10-13/h7-8,13H,3-6,9-10H2,1-2H3. The van der Waals surface area contributed by atoms with Crippen molar-refractivity contribution in [2.75, 3.05) is 36.1 Å². The number of fused-ring (bicyclic) bond motifs is 1. The molecule has 4 nitrogen and oxygen atoms in total. The van der Waals surface area contributed by atoms with Crippen molar-refractivity contribution < 1.29 is 13.2 Å². The largest absolute Gasteiger partial charge is 0.489 e. The molecule has 1 aromatic carbocycles. The Balaban J connectivity index is 1.83. The van der Waals surface area contributed by atoms with Crippen molar-refractivity contribution in [3.05, 3.63) is 23.3 Å². The number of hydrogen-bond donors (Lipinski definition) is 0. The highest BCUT2D eigenvalue weighted by atomic mass is 32.2. The Kier molecular flexibility index (Phi) is 3.40. The van der Waals surface area contributed by atoms with Crippen LogP contribution in [0.2, 0.25) is 0 Å². The van der Waals surface area contributed by atoms with Crippen LogP contribution < -0.4 is 9.64 Å². The monoisotopic (exact) mass is 295 g/mol. The van der Waals surface area contributed by atoms with Crippen molar-refractivity contribution in [2.24, 2.45) is 5.92 Å². The number of aryl methyl sites for hydroxylation is 2. The van der Waals surface area contributed by atoms with E-state index in [1.165, 1.54) is 5.56 Å². The zero-order chi connectivity index (χ0) is 14.3. The lowest BCUT2D eigenvalue weighted by Crippen LogP contribution is -2.37. The number of rotatable bonds is 2. The number of anilines is 1. The maximum Gasteiger partial charge on any atom is 0.150 e. The summed E-state index contributed by atoms with van der Waals surface area (Å²) < 4.78 is 29.0. The molecule has 0 bridgehead atoms. The van der Waals surface area contributed by atoms with Gasteiger partial charge in [-0.05, 0) is 43.4 Å². The molecule has 2 heterocycles. The lowest BCUT2D eigenvalue weighted by molar-refractivity contribution is 0.302. The highest BCUT2D eigenvalue weighted by Gasteiger charge is 2.31. The van der Waals surface area contributed by atoms with Crippen molar-refractivity contribution in [1.29, 1.82) is 0 Å². The molecule has 0 radical (unpaired) electrons. The summed E-state index contributed by atoms with van der Waals surface area (Å²) in [5, 5.41) is 0. The smallest absolute Gasteiger partial charge is 0.150 e. The molecular weight excluding hydrogens is 274 g/mol. The van der Waals surface area contributed by atoms with Crippen LogP contribution in [0.25, 0.3) is 0 Å². The first-order chi connectivity index (χ1) is 9.44. The van der Waals surface area contributed by atoms with E-state index in [4.69, 9.17) is 4.74 Å².